The molecule has 0 aromatic carbocycles. The van der Waals surface area contributed by atoms with Gasteiger partial charge in [0.2, 0.25) is 5.91 Å². The summed E-state index contributed by atoms with van der Waals surface area (Å²) in [4.78, 5) is 21.7. The number of amides is 1. The van der Waals surface area contributed by atoms with E-state index in [4.69, 9.17) is 5.11 Å². The van der Waals surface area contributed by atoms with Crippen molar-refractivity contribution in [2.45, 2.75) is 32.2 Å². The van der Waals surface area contributed by atoms with E-state index in [0.717, 1.165) is 12.1 Å². The van der Waals surface area contributed by atoms with Crippen LogP contribution in [-0.2, 0) is 21.9 Å². The molecule has 7 heteroatoms. The third-order valence-corrected chi connectivity index (χ3v) is 3.35. The fourth-order valence-electron chi connectivity index (χ4n) is 1.37. The molecule has 0 aliphatic heterocycles. The van der Waals surface area contributed by atoms with Crippen LogP contribution in [-0.4, -0.2) is 38.6 Å². The maximum absolute atomic E-state index is 10.9. The molecule has 0 radical (unpaired) electrons. The number of thioether (sulfide) groups is 1. The minimum absolute atomic E-state index is 0.332. The Hall–Kier alpha value is -1.50. The number of aryl methyl sites for hydroxylation is 1. The van der Waals surface area contributed by atoms with E-state index in [1.807, 2.05) is 17.8 Å². The minimum Gasteiger partial charge on any atom is -0.480 e. The Morgan fingerprint density at radius 2 is 2.33 bits per heavy atom. The smallest absolute Gasteiger partial charge is 0.327 e. The molecule has 0 saturated heterocycles. The average molecular weight is 271 g/mol. The molecule has 6 nitrogen and oxygen atoms in total. The standard InChI is InChI=1S/C11H17N3O3S/c1-3-14-5-9(4-12-14)6-18-7-10(11(16)17)13-8(2)15/h4-5,10H,3,6-7H2,1-2H3,(H,13,15)(H,16,17). The number of hydrogen-bond acceptors (Lipinski definition) is 4. The molecule has 0 aliphatic rings. The van der Waals surface area contributed by atoms with Crippen LogP contribution in [0.3, 0.4) is 0 Å². The van der Waals surface area contributed by atoms with Crippen molar-refractivity contribution in [3.05, 3.63) is 18.0 Å². The first-order valence-corrected chi connectivity index (χ1v) is 6.77. The molecular weight excluding hydrogens is 254 g/mol. The zero-order valence-electron chi connectivity index (χ0n) is 10.4. The highest BCUT2D eigenvalue weighted by Gasteiger charge is 2.18. The lowest BCUT2D eigenvalue weighted by molar-refractivity contribution is -0.140. The lowest BCUT2D eigenvalue weighted by atomic mass is 10.3. The van der Waals surface area contributed by atoms with Gasteiger partial charge in [-0.05, 0) is 12.5 Å². The van der Waals surface area contributed by atoms with Crippen molar-refractivity contribution in [2.75, 3.05) is 5.75 Å². The van der Waals surface area contributed by atoms with Crippen LogP contribution in [0.15, 0.2) is 12.4 Å². The average Bonchev–Trinajstić information content (AvgIpc) is 2.75. The second-order valence-electron chi connectivity index (χ2n) is 3.81. The first kappa shape index (κ1) is 14.6. The van der Waals surface area contributed by atoms with Crippen LogP contribution in [0, 0.1) is 0 Å². The molecule has 0 bridgehead atoms. The number of carbonyl (C=O) groups is 2. The van der Waals surface area contributed by atoms with E-state index >= 15 is 0 Å². The first-order valence-electron chi connectivity index (χ1n) is 5.62. The normalized spacial score (nSPS) is 12.1. The van der Waals surface area contributed by atoms with Gasteiger partial charge in [-0.25, -0.2) is 4.79 Å². The summed E-state index contributed by atoms with van der Waals surface area (Å²) in [5.41, 5.74) is 1.05. The lowest BCUT2D eigenvalue weighted by Gasteiger charge is -2.12. The fourth-order valence-corrected chi connectivity index (χ4v) is 2.33. The molecule has 1 heterocycles. The van der Waals surface area contributed by atoms with Gasteiger partial charge in [-0.15, -0.1) is 0 Å². The Morgan fingerprint density at radius 3 is 2.83 bits per heavy atom. The summed E-state index contributed by atoms with van der Waals surface area (Å²) in [5, 5.41) is 15.5. The van der Waals surface area contributed by atoms with Gasteiger partial charge in [-0.1, -0.05) is 0 Å². The number of hydrogen-bond donors (Lipinski definition) is 2. The molecule has 1 unspecified atom stereocenters. The van der Waals surface area contributed by atoms with Crippen molar-refractivity contribution < 1.29 is 14.7 Å². The van der Waals surface area contributed by atoms with Crippen molar-refractivity contribution in [1.82, 2.24) is 15.1 Å². The van der Waals surface area contributed by atoms with Gasteiger partial charge < -0.3 is 10.4 Å². The summed E-state index contributed by atoms with van der Waals surface area (Å²) in [5.74, 6) is -0.320. The quantitative estimate of drug-likeness (QED) is 0.763. The molecule has 1 amide bonds. The predicted octanol–water partition coefficient (Wildman–Crippen LogP) is 0.725. The van der Waals surface area contributed by atoms with Crippen LogP contribution in [0.1, 0.15) is 19.4 Å². The summed E-state index contributed by atoms with van der Waals surface area (Å²) >= 11 is 1.46. The van der Waals surface area contributed by atoms with Gasteiger partial charge in [0.1, 0.15) is 6.04 Å². The number of aromatic nitrogens is 2. The van der Waals surface area contributed by atoms with Gasteiger partial charge in [0, 0.05) is 31.2 Å². The lowest BCUT2D eigenvalue weighted by Crippen LogP contribution is -2.41. The van der Waals surface area contributed by atoms with Gasteiger partial charge >= 0.3 is 5.97 Å². The summed E-state index contributed by atoms with van der Waals surface area (Å²) < 4.78 is 1.82. The molecule has 18 heavy (non-hydrogen) atoms. The molecule has 0 spiro atoms. The molecule has 1 aromatic heterocycles. The summed E-state index contributed by atoms with van der Waals surface area (Å²) in [7, 11) is 0. The van der Waals surface area contributed by atoms with Crippen LogP contribution < -0.4 is 5.32 Å². The zero-order chi connectivity index (χ0) is 13.5. The maximum atomic E-state index is 10.9. The van der Waals surface area contributed by atoms with E-state index in [2.05, 4.69) is 10.4 Å². The Kier molecular flexibility index (Phi) is 5.70. The third kappa shape index (κ3) is 4.79. The van der Waals surface area contributed by atoms with Gasteiger partial charge in [0.25, 0.3) is 0 Å². The van der Waals surface area contributed by atoms with Crippen molar-refractivity contribution >= 4 is 23.6 Å². The van der Waals surface area contributed by atoms with E-state index in [1.165, 1.54) is 18.7 Å². The van der Waals surface area contributed by atoms with Crippen molar-refractivity contribution in [3.63, 3.8) is 0 Å². The van der Waals surface area contributed by atoms with E-state index in [9.17, 15) is 9.59 Å². The molecule has 0 saturated carbocycles. The second-order valence-corrected chi connectivity index (χ2v) is 4.84. The van der Waals surface area contributed by atoms with E-state index in [1.54, 1.807) is 6.20 Å². The zero-order valence-corrected chi connectivity index (χ0v) is 11.2. The Morgan fingerprint density at radius 1 is 1.61 bits per heavy atom. The first-order chi connectivity index (χ1) is 8.52. The number of carboxylic acid groups (broad SMARTS) is 1. The Balaban J connectivity index is 2.38. The molecule has 1 aromatic rings. The van der Waals surface area contributed by atoms with Gasteiger partial charge in [0.05, 0.1) is 6.20 Å². The van der Waals surface area contributed by atoms with Crippen LogP contribution in [0.2, 0.25) is 0 Å². The number of carbonyl (C=O) groups excluding carboxylic acids is 1. The topological polar surface area (TPSA) is 84.2 Å². The van der Waals surface area contributed by atoms with E-state index in [0.29, 0.717) is 11.5 Å². The SMILES string of the molecule is CCn1cc(CSCC(NC(C)=O)C(=O)O)cn1. The van der Waals surface area contributed by atoms with Crippen LogP contribution in [0.25, 0.3) is 0 Å². The van der Waals surface area contributed by atoms with Crippen molar-refractivity contribution in [2.24, 2.45) is 0 Å². The van der Waals surface area contributed by atoms with E-state index in [-0.39, 0.29) is 5.91 Å². The third-order valence-electron chi connectivity index (χ3n) is 2.24. The molecule has 0 fully saturated rings. The van der Waals surface area contributed by atoms with Gasteiger partial charge in [-0.3, -0.25) is 9.48 Å². The maximum Gasteiger partial charge on any atom is 0.327 e. The van der Waals surface area contributed by atoms with Crippen molar-refractivity contribution in [3.8, 4) is 0 Å². The van der Waals surface area contributed by atoms with Crippen molar-refractivity contribution in [1.29, 1.82) is 0 Å². The highest BCUT2D eigenvalue weighted by Crippen LogP contribution is 2.12. The monoisotopic (exact) mass is 271 g/mol. The van der Waals surface area contributed by atoms with Gasteiger partial charge in [0.15, 0.2) is 0 Å². The van der Waals surface area contributed by atoms with Crippen LogP contribution >= 0.6 is 11.8 Å². The fraction of sp³-hybridized carbons (Fsp3) is 0.545. The molecule has 1 atom stereocenters. The number of aliphatic carboxylic acids is 1. The largest absolute Gasteiger partial charge is 0.480 e. The molecule has 1 rings (SSSR count). The Bertz CT molecular complexity index is 419. The van der Waals surface area contributed by atoms with Crippen LogP contribution in [0.4, 0.5) is 0 Å². The van der Waals surface area contributed by atoms with E-state index < -0.39 is 12.0 Å². The highest BCUT2D eigenvalue weighted by atomic mass is 32.2. The van der Waals surface area contributed by atoms with Gasteiger partial charge in [-0.2, -0.15) is 16.9 Å². The number of nitrogens with zero attached hydrogens (tertiary/aromatic N) is 2. The summed E-state index contributed by atoms with van der Waals surface area (Å²) in [6.45, 7) is 4.13. The van der Waals surface area contributed by atoms with Crippen LogP contribution in [0.5, 0.6) is 0 Å². The minimum atomic E-state index is -1.01. The second kappa shape index (κ2) is 7.05. The number of rotatable bonds is 7. The molecule has 100 valence electrons. The molecule has 2 N–H and O–H groups in total. The Labute approximate surface area is 110 Å². The number of carboxylic acids is 1. The summed E-state index contributed by atoms with van der Waals surface area (Å²) in [6.07, 6.45) is 3.70. The number of nitrogens with one attached hydrogen (secondary N) is 1. The predicted molar refractivity (Wildman–Crippen MR) is 69.3 cm³/mol. The highest BCUT2D eigenvalue weighted by molar-refractivity contribution is 7.98. The summed E-state index contributed by atoms with van der Waals surface area (Å²) in [6, 6.07) is -0.839. The molecular formula is C11H17N3O3S. The molecule has 0 aliphatic carbocycles.